The van der Waals surface area contributed by atoms with Gasteiger partial charge in [0.1, 0.15) is 0 Å². The van der Waals surface area contributed by atoms with Crippen molar-refractivity contribution in [1.82, 2.24) is 24.1 Å². The van der Waals surface area contributed by atoms with E-state index < -0.39 is 0 Å². The third-order valence-electron chi connectivity index (χ3n) is 13.0. The first kappa shape index (κ1) is 37.6. The Morgan fingerprint density at radius 3 is 1.17 bits per heavy atom. The monoisotopic (exact) mass is 841 g/mol. The first-order valence-electron chi connectivity index (χ1n) is 22.3. The lowest BCUT2D eigenvalue weighted by Gasteiger charge is -2.11. The van der Waals surface area contributed by atoms with Gasteiger partial charge in [-0.15, -0.1) is 0 Å². The van der Waals surface area contributed by atoms with E-state index in [2.05, 4.69) is 185 Å². The molecule has 5 nitrogen and oxygen atoms in total. The molecule has 0 unspecified atom stereocenters. The van der Waals surface area contributed by atoms with Crippen LogP contribution in [0.4, 0.5) is 0 Å². The van der Waals surface area contributed by atoms with Gasteiger partial charge in [-0.25, -0.2) is 15.0 Å². The first-order valence-corrected chi connectivity index (χ1v) is 22.3. The molecule has 10 aromatic carbocycles. The number of hydrogen-bond donors (Lipinski definition) is 0. The van der Waals surface area contributed by atoms with Crippen LogP contribution in [-0.4, -0.2) is 24.1 Å². The van der Waals surface area contributed by atoms with Crippen molar-refractivity contribution in [3.05, 3.63) is 237 Å². The lowest BCUT2D eigenvalue weighted by molar-refractivity contribution is 1.07. The van der Waals surface area contributed by atoms with Crippen LogP contribution in [0.25, 0.3) is 122 Å². The van der Waals surface area contributed by atoms with E-state index in [0.717, 1.165) is 33.2 Å². The summed E-state index contributed by atoms with van der Waals surface area (Å²) in [5.41, 5.74) is 14.7. The molecule has 66 heavy (non-hydrogen) atoms. The van der Waals surface area contributed by atoms with Crippen LogP contribution >= 0.6 is 0 Å². The van der Waals surface area contributed by atoms with E-state index in [1.165, 1.54) is 71.6 Å². The van der Waals surface area contributed by atoms with E-state index in [-0.39, 0.29) is 0 Å². The predicted octanol–water partition coefficient (Wildman–Crippen LogP) is 15.6. The normalized spacial score (nSPS) is 11.6. The molecule has 3 aromatic heterocycles. The lowest BCUT2D eigenvalue weighted by Crippen LogP contribution is -2.00. The Morgan fingerprint density at radius 2 is 0.621 bits per heavy atom. The Labute approximate surface area is 381 Å². The summed E-state index contributed by atoms with van der Waals surface area (Å²) in [5.74, 6) is 1.95. The van der Waals surface area contributed by atoms with E-state index in [9.17, 15) is 0 Å². The van der Waals surface area contributed by atoms with Gasteiger partial charge in [-0.3, -0.25) is 0 Å². The fraction of sp³-hybridized carbons (Fsp3) is 0. The quantitative estimate of drug-likeness (QED) is 0.161. The molecular weight excluding hydrogens is 803 g/mol. The van der Waals surface area contributed by atoms with Crippen LogP contribution in [0.15, 0.2) is 237 Å². The maximum Gasteiger partial charge on any atom is 0.164 e. The molecule has 0 amide bonds. The molecule has 0 radical (unpaired) electrons. The number of benzene rings is 10. The number of fused-ring (bicyclic) bond motifs is 7. The highest BCUT2D eigenvalue weighted by atomic mass is 15.0. The average Bonchev–Trinajstić information content (AvgIpc) is 3.91. The minimum atomic E-state index is 0.645. The van der Waals surface area contributed by atoms with E-state index >= 15 is 0 Å². The maximum absolute atomic E-state index is 4.98. The molecular formula is C61H39N5. The molecule has 3 heterocycles. The summed E-state index contributed by atoms with van der Waals surface area (Å²) < 4.78 is 4.75. The summed E-state index contributed by atoms with van der Waals surface area (Å²) in [6, 6.07) is 84.2. The van der Waals surface area contributed by atoms with Crippen molar-refractivity contribution in [2.45, 2.75) is 0 Å². The van der Waals surface area contributed by atoms with Crippen molar-refractivity contribution in [3.63, 3.8) is 0 Å². The molecule has 0 bridgehead atoms. The van der Waals surface area contributed by atoms with Crippen LogP contribution in [0.5, 0.6) is 0 Å². The molecule has 0 fully saturated rings. The van der Waals surface area contributed by atoms with Gasteiger partial charge in [0, 0.05) is 49.6 Å². The van der Waals surface area contributed by atoms with Crippen LogP contribution in [0.3, 0.4) is 0 Å². The molecule has 0 aliphatic rings. The van der Waals surface area contributed by atoms with E-state index in [1.54, 1.807) is 0 Å². The fourth-order valence-corrected chi connectivity index (χ4v) is 9.74. The van der Waals surface area contributed by atoms with Gasteiger partial charge in [0.15, 0.2) is 17.5 Å². The summed E-state index contributed by atoms with van der Waals surface area (Å²) in [5, 5.41) is 7.21. The topological polar surface area (TPSA) is 48.5 Å². The molecule has 0 N–H and O–H groups in total. The average molecular weight is 842 g/mol. The molecule has 5 heteroatoms. The molecule has 13 aromatic rings. The van der Waals surface area contributed by atoms with Crippen LogP contribution in [-0.2, 0) is 0 Å². The highest BCUT2D eigenvalue weighted by Gasteiger charge is 2.17. The summed E-state index contributed by atoms with van der Waals surface area (Å²) in [6.07, 6.45) is 0. The van der Waals surface area contributed by atoms with E-state index in [4.69, 9.17) is 15.0 Å². The zero-order chi connectivity index (χ0) is 43.6. The number of rotatable bonds is 7. The second-order valence-electron chi connectivity index (χ2n) is 16.9. The highest BCUT2D eigenvalue weighted by Crippen LogP contribution is 2.38. The molecule has 308 valence electrons. The Balaban J connectivity index is 0.840. The Hall–Kier alpha value is -8.93. The lowest BCUT2D eigenvalue weighted by atomic mass is 9.98. The Morgan fingerprint density at radius 1 is 0.227 bits per heavy atom. The van der Waals surface area contributed by atoms with Gasteiger partial charge in [-0.2, -0.15) is 0 Å². The summed E-state index contributed by atoms with van der Waals surface area (Å²) >= 11 is 0. The number of para-hydroxylation sites is 3. The second-order valence-corrected chi connectivity index (χ2v) is 16.9. The number of nitrogens with zero attached hydrogens (tertiary/aromatic N) is 5. The molecule has 0 aliphatic heterocycles. The minimum Gasteiger partial charge on any atom is -0.309 e. The summed E-state index contributed by atoms with van der Waals surface area (Å²) in [4.78, 5) is 14.8. The van der Waals surface area contributed by atoms with Gasteiger partial charge in [0.05, 0.1) is 22.1 Å². The van der Waals surface area contributed by atoms with Gasteiger partial charge >= 0.3 is 0 Å². The second kappa shape index (κ2) is 15.4. The number of hydrogen-bond acceptors (Lipinski definition) is 3. The van der Waals surface area contributed by atoms with E-state index in [1.807, 2.05) is 60.7 Å². The predicted molar refractivity (Wildman–Crippen MR) is 273 cm³/mol. The first-order chi connectivity index (χ1) is 32.7. The zero-order valence-electron chi connectivity index (χ0n) is 35.8. The van der Waals surface area contributed by atoms with Crippen LogP contribution in [0.1, 0.15) is 0 Å². The van der Waals surface area contributed by atoms with E-state index in [0.29, 0.717) is 17.5 Å². The van der Waals surface area contributed by atoms with Crippen molar-refractivity contribution in [2.24, 2.45) is 0 Å². The van der Waals surface area contributed by atoms with Crippen molar-refractivity contribution >= 4 is 54.4 Å². The van der Waals surface area contributed by atoms with Gasteiger partial charge in [-0.05, 0) is 99.8 Å². The van der Waals surface area contributed by atoms with Crippen molar-refractivity contribution < 1.29 is 0 Å². The van der Waals surface area contributed by atoms with Crippen LogP contribution in [0, 0.1) is 0 Å². The van der Waals surface area contributed by atoms with Gasteiger partial charge in [0.2, 0.25) is 0 Å². The third kappa shape index (κ3) is 6.36. The smallest absolute Gasteiger partial charge is 0.164 e. The largest absolute Gasteiger partial charge is 0.309 e. The molecule has 0 atom stereocenters. The number of aromatic nitrogens is 5. The van der Waals surface area contributed by atoms with Gasteiger partial charge in [0.25, 0.3) is 0 Å². The summed E-state index contributed by atoms with van der Waals surface area (Å²) in [6.45, 7) is 0. The van der Waals surface area contributed by atoms with Gasteiger partial charge in [-0.1, -0.05) is 170 Å². The molecule has 0 saturated carbocycles. The van der Waals surface area contributed by atoms with Crippen molar-refractivity contribution in [1.29, 1.82) is 0 Å². The zero-order valence-corrected chi connectivity index (χ0v) is 35.8. The maximum atomic E-state index is 4.98. The third-order valence-corrected chi connectivity index (χ3v) is 13.0. The molecule has 13 rings (SSSR count). The van der Waals surface area contributed by atoms with Crippen LogP contribution in [0.2, 0.25) is 0 Å². The molecule has 0 aliphatic carbocycles. The van der Waals surface area contributed by atoms with Crippen molar-refractivity contribution in [2.75, 3.05) is 0 Å². The SMILES string of the molecule is c1ccc(-c2nc(-c3ccccc3)nc(-c3ccc4cc(-n5c6ccccc6c6cc(-c7ccc(-c8ccc9c(c8)c8ccccc8n9-c8ccccc8)cc7)ccc65)ccc4c3)n2)cc1. The van der Waals surface area contributed by atoms with Crippen molar-refractivity contribution in [3.8, 4) is 67.8 Å². The standard InChI is InChI=1S/C61H39N5/c1-4-14-42(15-5-1)59-62-60(43-16-6-2-7-17-43)64-61(63-59)48-29-28-45-37-50(33-30-44(45)36-48)66-56-23-13-11-21-52(56)54-39-47(32-35-58(54)66)41-26-24-40(25-27-41)46-31-34-57-53(38-46)51-20-10-12-22-55(51)65(57)49-18-8-3-9-19-49/h1-39H. The van der Waals surface area contributed by atoms with Crippen LogP contribution < -0.4 is 0 Å². The fourth-order valence-electron chi connectivity index (χ4n) is 9.74. The highest BCUT2D eigenvalue weighted by molar-refractivity contribution is 6.12. The Kier molecular flexibility index (Phi) is 8.78. The van der Waals surface area contributed by atoms with Gasteiger partial charge < -0.3 is 9.13 Å². The molecule has 0 saturated heterocycles. The summed E-state index contributed by atoms with van der Waals surface area (Å²) in [7, 11) is 0. The molecule has 0 spiro atoms. The Bertz CT molecular complexity index is 3910. The minimum absolute atomic E-state index is 0.645.